The summed E-state index contributed by atoms with van der Waals surface area (Å²) in [5.41, 5.74) is 6.19. The molecule has 3 aromatic rings. The summed E-state index contributed by atoms with van der Waals surface area (Å²) < 4.78 is 0. The molecule has 0 aromatic heterocycles. The van der Waals surface area contributed by atoms with Crippen LogP contribution in [0.5, 0.6) is 5.75 Å². The van der Waals surface area contributed by atoms with Crippen LogP contribution in [0.15, 0.2) is 84.0 Å². The molecule has 33 heavy (non-hydrogen) atoms. The highest BCUT2D eigenvalue weighted by molar-refractivity contribution is 5.92. The normalized spacial score (nSPS) is 10.8. The second-order valence-corrected chi connectivity index (χ2v) is 7.76. The van der Waals surface area contributed by atoms with E-state index in [1.165, 1.54) is 6.07 Å². The summed E-state index contributed by atoms with van der Waals surface area (Å²) >= 11 is 0. The maximum absolute atomic E-state index is 11.9. The molecule has 0 bridgehead atoms. The Kier molecular flexibility index (Phi) is 9.21. The summed E-state index contributed by atoms with van der Waals surface area (Å²) in [6, 6.07) is 24.8. The molecular weight excluding hydrogens is 414 g/mol. The molecule has 6 nitrogen and oxygen atoms in total. The predicted octanol–water partition coefficient (Wildman–Crippen LogP) is 5.49. The third-order valence-corrected chi connectivity index (χ3v) is 5.16. The van der Waals surface area contributed by atoms with Crippen molar-refractivity contribution in [3.63, 3.8) is 0 Å². The van der Waals surface area contributed by atoms with Gasteiger partial charge in [-0.25, -0.2) is 5.43 Å². The van der Waals surface area contributed by atoms with Crippen LogP contribution in [-0.4, -0.2) is 23.1 Å². The first-order chi connectivity index (χ1) is 16.1. The number of nitrogens with zero attached hydrogens (tertiary/aromatic N) is 1. The molecule has 0 aliphatic heterocycles. The van der Waals surface area contributed by atoms with Gasteiger partial charge in [-0.05, 0) is 41.7 Å². The molecule has 0 aliphatic rings. The highest BCUT2D eigenvalue weighted by Crippen LogP contribution is 2.22. The topological polar surface area (TPSA) is 90.8 Å². The Morgan fingerprint density at radius 3 is 2.03 bits per heavy atom. The fourth-order valence-electron chi connectivity index (χ4n) is 3.34. The van der Waals surface area contributed by atoms with Crippen LogP contribution < -0.4 is 10.7 Å². The number of aromatic hydroxyl groups is 1. The highest BCUT2D eigenvalue weighted by Gasteiger charge is 2.06. The number of hydrogen-bond donors (Lipinski definition) is 3. The summed E-state index contributed by atoms with van der Waals surface area (Å²) in [7, 11) is 0. The number of benzene rings is 3. The van der Waals surface area contributed by atoms with Crippen molar-refractivity contribution in [2.75, 3.05) is 5.32 Å². The lowest BCUT2D eigenvalue weighted by atomic mass is 10.0. The SMILES string of the molecule is O=C(CCCCCCC(=O)Nc1ccccc1O)N/N=C/c1ccc(-c2ccccc2)cc1. The van der Waals surface area contributed by atoms with Crippen molar-refractivity contribution in [1.82, 2.24) is 5.43 Å². The number of carbonyl (C=O) groups is 2. The molecule has 0 atom stereocenters. The Bertz CT molecular complexity index is 1060. The van der Waals surface area contributed by atoms with E-state index in [2.05, 4.69) is 28.0 Å². The standard InChI is InChI=1S/C27H29N3O3/c31-25-13-9-8-12-24(25)29-26(32)14-6-1-2-7-15-27(33)30-28-20-21-16-18-23(19-17-21)22-10-4-3-5-11-22/h3-5,8-13,16-20,31H,1-2,6-7,14-15H2,(H,29,32)(H,30,33)/b28-20+. The van der Waals surface area contributed by atoms with E-state index in [0.29, 0.717) is 18.5 Å². The number of nitrogens with one attached hydrogen (secondary N) is 2. The van der Waals surface area contributed by atoms with E-state index in [-0.39, 0.29) is 17.6 Å². The van der Waals surface area contributed by atoms with Gasteiger partial charge in [0.1, 0.15) is 5.75 Å². The summed E-state index contributed by atoms with van der Waals surface area (Å²) in [6.07, 6.45) is 5.62. The van der Waals surface area contributed by atoms with Crippen molar-refractivity contribution in [3.05, 3.63) is 84.4 Å². The summed E-state index contributed by atoms with van der Waals surface area (Å²) in [5.74, 6) is -0.187. The van der Waals surface area contributed by atoms with E-state index in [9.17, 15) is 14.7 Å². The van der Waals surface area contributed by atoms with Gasteiger partial charge in [0.05, 0.1) is 11.9 Å². The van der Waals surface area contributed by atoms with Gasteiger partial charge in [0.2, 0.25) is 11.8 Å². The van der Waals surface area contributed by atoms with Crippen molar-refractivity contribution in [2.24, 2.45) is 5.10 Å². The number of rotatable bonds is 11. The minimum Gasteiger partial charge on any atom is -0.506 e. The van der Waals surface area contributed by atoms with Gasteiger partial charge in [0, 0.05) is 12.8 Å². The van der Waals surface area contributed by atoms with Crippen molar-refractivity contribution in [2.45, 2.75) is 38.5 Å². The van der Waals surface area contributed by atoms with Gasteiger partial charge < -0.3 is 10.4 Å². The smallest absolute Gasteiger partial charge is 0.240 e. The Balaban J connectivity index is 1.27. The van der Waals surface area contributed by atoms with Crippen LogP contribution in [0, 0.1) is 0 Å². The van der Waals surface area contributed by atoms with Crippen LogP contribution in [0.3, 0.4) is 0 Å². The average Bonchev–Trinajstić information content (AvgIpc) is 2.84. The van der Waals surface area contributed by atoms with Gasteiger partial charge in [-0.2, -0.15) is 5.10 Å². The minimum absolute atomic E-state index is 0.0590. The molecular formula is C27H29N3O3. The van der Waals surface area contributed by atoms with Gasteiger partial charge in [0.25, 0.3) is 0 Å². The molecule has 3 aromatic carbocycles. The number of carbonyl (C=O) groups excluding carboxylic acids is 2. The first-order valence-corrected chi connectivity index (χ1v) is 11.2. The van der Waals surface area contributed by atoms with E-state index in [4.69, 9.17) is 0 Å². The van der Waals surface area contributed by atoms with Gasteiger partial charge >= 0.3 is 0 Å². The molecule has 0 radical (unpaired) electrons. The van der Waals surface area contributed by atoms with E-state index in [1.807, 2.05) is 42.5 Å². The molecule has 0 heterocycles. The number of anilines is 1. The fraction of sp³-hybridized carbons (Fsp3) is 0.222. The highest BCUT2D eigenvalue weighted by atomic mass is 16.3. The molecule has 0 saturated carbocycles. The van der Waals surface area contributed by atoms with Crippen molar-refractivity contribution in [1.29, 1.82) is 0 Å². The van der Waals surface area contributed by atoms with Gasteiger partial charge in [0.15, 0.2) is 0 Å². The van der Waals surface area contributed by atoms with Crippen LogP contribution >= 0.6 is 0 Å². The van der Waals surface area contributed by atoms with Gasteiger partial charge in [-0.3, -0.25) is 9.59 Å². The fourth-order valence-corrected chi connectivity index (χ4v) is 3.34. The average molecular weight is 444 g/mol. The number of hydrazone groups is 1. The van der Waals surface area contributed by atoms with Crippen LogP contribution in [0.2, 0.25) is 0 Å². The van der Waals surface area contributed by atoms with Crippen molar-refractivity contribution < 1.29 is 14.7 Å². The summed E-state index contributed by atoms with van der Waals surface area (Å²) in [4.78, 5) is 23.9. The number of phenolic OH excluding ortho intramolecular Hbond substituents is 1. The Labute approximate surface area is 194 Å². The van der Waals surface area contributed by atoms with E-state index < -0.39 is 0 Å². The summed E-state index contributed by atoms with van der Waals surface area (Å²) in [5, 5.41) is 16.4. The van der Waals surface area contributed by atoms with Crippen molar-refractivity contribution >= 4 is 23.7 Å². The number of amides is 2. The second kappa shape index (κ2) is 12.8. The van der Waals surface area contributed by atoms with Gasteiger partial charge in [-0.15, -0.1) is 0 Å². The lowest BCUT2D eigenvalue weighted by molar-refractivity contribution is -0.121. The number of phenols is 1. The second-order valence-electron chi connectivity index (χ2n) is 7.76. The molecule has 3 rings (SSSR count). The molecule has 0 spiro atoms. The zero-order valence-corrected chi connectivity index (χ0v) is 18.5. The largest absolute Gasteiger partial charge is 0.506 e. The van der Waals surface area contributed by atoms with E-state index in [1.54, 1.807) is 24.4 Å². The first-order valence-electron chi connectivity index (χ1n) is 11.2. The molecule has 170 valence electrons. The lowest BCUT2D eigenvalue weighted by Crippen LogP contribution is -2.16. The first kappa shape index (κ1) is 23.7. The third kappa shape index (κ3) is 8.26. The van der Waals surface area contributed by atoms with Crippen LogP contribution in [0.4, 0.5) is 5.69 Å². The monoisotopic (exact) mass is 443 g/mol. The predicted molar refractivity (Wildman–Crippen MR) is 132 cm³/mol. The Morgan fingerprint density at radius 1 is 0.727 bits per heavy atom. The Morgan fingerprint density at radius 2 is 1.33 bits per heavy atom. The molecule has 0 unspecified atom stereocenters. The maximum Gasteiger partial charge on any atom is 0.240 e. The molecule has 0 fully saturated rings. The van der Waals surface area contributed by atoms with Gasteiger partial charge in [-0.1, -0.05) is 79.6 Å². The lowest BCUT2D eigenvalue weighted by Gasteiger charge is -2.06. The molecule has 0 saturated heterocycles. The molecule has 3 N–H and O–H groups in total. The number of para-hydroxylation sites is 2. The van der Waals surface area contributed by atoms with Crippen molar-refractivity contribution in [3.8, 4) is 16.9 Å². The van der Waals surface area contributed by atoms with Crippen LogP contribution in [0.25, 0.3) is 11.1 Å². The molecule has 2 amide bonds. The maximum atomic E-state index is 11.9. The zero-order valence-electron chi connectivity index (χ0n) is 18.5. The summed E-state index contributed by atoms with van der Waals surface area (Å²) in [6.45, 7) is 0. The number of hydrogen-bond acceptors (Lipinski definition) is 4. The third-order valence-electron chi connectivity index (χ3n) is 5.16. The molecule has 6 heteroatoms. The molecule has 0 aliphatic carbocycles. The Hall–Kier alpha value is -3.93. The van der Waals surface area contributed by atoms with Crippen LogP contribution in [-0.2, 0) is 9.59 Å². The quantitative estimate of drug-likeness (QED) is 0.158. The van der Waals surface area contributed by atoms with E-state index in [0.717, 1.165) is 42.4 Å². The minimum atomic E-state index is -0.125. The number of unbranched alkanes of at least 4 members (excludes halogenated alkanes) is 3. The van der Waals surface area contributed by atoms with Crippen LogP contribution in [0.1, 0.15) is 44.1 Å². The zero-order chi connectivity index (χ0) is 23.3. The van der Waals surface area contributed by atoms with E-state index >= 15 is 0 Å².